The number of benzene rings is 1. The van der Waals surface area contributed by atoms with Crippen LogP contribution in [0.2, 0.25) is 0 Å². The van der Waals surface area contributed by atoms with Gasteiger partial charge in [0.05, 0.1) is 6.54 Å². The number of hydrogen-bond acceptors (Lipinski definition) is 4. The molecule has 1 aromatic rings. The maximum atomic E-state index is 12.1. The first-order chi connectivity index (χ1) is 11.2. The molecule has 1 aliphatic heterocycles. The summed E-state index contributed by atoms with van der Waals surface area (Å²) in [5.41, 5.74) is 6.38. The minimum Gasteiger partial charge on any atom is -0.406 e. The Morgan fingerprint density at radius 2 is 1.96 bits per heavy atom. The second kappa shape index (κ2) is 7.71. The lowest BCUT2D eigenvalue weighted by atomic mass is 10.2. The molecule has 1 unspecified atom stereocenters. The highest BCUT2D eigenvalue weighted by molar-refractivity contribution is 5.92. The molecule has 0 radical (unpaired) electrons. The second-order valence-electron chi connectivity index (χ2n) is 5.82. The molecular weight excluding hydrogens is 323 g/mol. The summed E-state index contributed by atoms with van der Waals surface area (Å²) in [5.74, 6) is -0.0588. The number of hydrogen-bond donors (Lipinski definition) is 2. The molecule has 1 saturated heterocycles. The van der Waals surface area contributed by atoms with Gasteiger partial charge in [0, 0.05) is 31.4 Å². The molecule has 3 N–H and O–H groups in total. The Kier molecular flexibility index (Phi) is 5.89. The van der Waals surface area contributed by atoms with Gasteiger partial charge in [-0.3, -0.25) is 9.89 Å². The predicted molar refractivity (Wildman–Crippen MR) is 87.2 cm³/mol. The Labute approximate surface area is 139 Å². The van der Waals surface area contributed by atoms with E-state index >= 15 is 0 Å². The van der Waals surface area contributed by atoms with E-state index in [0.29, 0.717) is 12.2 Å². The fourth-order valence-electron chi connectivity index (χ4n) is 2.43. The van der Waals surface area contributed by atoms with E-state index in [-0.39, 0.29) is 17.8 Å². The number of nitrogens with two attached hydrogens (primary N) is 1. The van der Waals surface area contributed by atoms with E-state index < -0.39 is 6.36 Å². The van der Waals surface area contributed by atoms with Gasteiger partial charge in [-0.05, 0) is 38.4 Å². The molecule has 6 nitrogen and oxygen atoms in total. The van der Waals surface area contributed by atoms with Gasteiger partial charge < -0.3 is 20.7 Å². The number of alkyl halides is 3. The molecule has 2 rings (SSSR count). The first kappa shape index (κ1) is 18.3. The molecule has 0 spiro atoms. The molecule has 1 atom stereocenters. The van der Waals surface area contributed by atoms with Crippen LogP contribution in [0.1, 0.15) is 0 Å². The van der Waals surface area contributed by atoms with Crippen molar-refractivity contribution in [3.8, 4) is 5.75 Å². The van der Waals surface area contributed by atoms with E-state index in [0.717, 1.165) is 19.6 Å². The number of guanidine groups is 1. The number of nitrogens with zero attached hydrogens (tertiary/aromatic N) is 3. The van der Waals surface area contributed by atoms with Crippen molar-refractivity contribution in [1.29, 1.82) is 0 Å². The highest BCUT2D eigenvalue weighted by atomic mass is 19.4. The largest absolute Gasteiger partial charge is 0.573 e. The zero-order chi connectivity index (χ0) is 17.7. The Morgan fingerprint density at radius 1 is 1.29 bits per heavy atom. The van der Waals surface area contributed by atoms with E-state index in [1.165, 1.54) is 24.3 Å². The summed E-state index contributed by atoms with van der Waals surface area (Å²) in [4.78, 5) is 8.79. The number of nitrogens with one attached hydrogen (secondary N) is 1. The number of rotatable bonds is 4. The number of ether oxygens (including phenoxy) is 1. The second-order valence-corrected chi connectivity index (χ2v) is 5.82. The number of halogens is 3. The molecule has 134 valence electrons. The van der Waals surface area contributed by atoms with E-state index in [2.05, 4.69) is 38.9 Å². The predicted octanol–water partition coefficient (Wildman–Crippen LogP) is 1.56. The Balaban J connectivity index is 1.88. The van der Waals surface area contributed by atoms with Gasteiger partial charge >= 0.3 is 6.36 Å². The van der Waals surface area contributed by atoms with Crippen molar-refractivity contribution in [1.82, 2.24) is 9.80 Å². The quantitative estimate of drug-likeness (QED) is 0.640. The summed E-state index contributed by atoms with van der Waals surface area (Å²) in [6.45, 7) is 3.47. The summed E-state index contributed by atoms with van der Waals surface area (Å²) in [7, 11) is 4.12. The molecule has 1 aliphatic rings. The van der Waals surface area contributed by atoms with Crippen LogP contribution in [0.5, 0.6) is 5.75 Å². The van der Waals surface area contributed by atoms with E-state index in [9.17, 15) is 13.2 Å². The van der Waals surface area contributed by atoms with E-state index in [4.69, 9.17) is 5.73 Å². The third-order valence-electron chi connectivity index (χ3n) is 3.81. The van der Waals surface area contributed by atoms with Gasteiger partial charge in [-0.1, -0.05) is 0 Å². The van der Waals surface area contributed by atoms with Crippen molar-refractivity contribution >= 4 is 11.6 Å². The lowest BCUT2D eigenvalue weighted by molar-refractivity contribution is -0.274. The van der Waals surface area contributed by atoms with Crippen LogP contribution in [0, 0.1) is 0 Å². The molecule has 0 saturated carbocycles. The average Bonchev–Trinajstić information content (AvgIpc) is 2.49. The maximum absolute atomic E-state index is 12.1. The van der Waals surface area contributed by atoms with Crippen LogP contribution < -0.4 is 15.8 Å². The van der Waals surface area contributed by atoms with E-state index in [1.54, 1.807) is 0 Å². The monoisotopic (exact) mass is 345 g/mol. The van der Waals surface area contributed by atoms with Gasteiger partial charge in [-0.2, -0.15) is 0 Å². The van der Waals surface area contributed by atoms with Gasteiger partial charge in [-0.15, -0.1) is 13.2 Å². The SMILES string of the molecule is CN1CCN(C)C(CN=C(N)Nc2ccc(OC(F)(F)F)cc2)C1. The molecular formula is C15H22F3N5O. The molecule has 1 aromatic carbocycles. The normalized spacial score (nSPS) is 20.9. The maximum Gasteiger partial charge on any atom is 0.573 e. The summed E-state index contributed by atoms with van der Waals surface area (Å²) in [5, 5.41) is 2.86. The standard InChI is InChI=1S/C15H22F3N5O/c1-22-7-8-23(2)12(10-22)9-20-14(19)21-11-3-5-13(6-4-11)24-15(16,17)18/h3-6,12H,7-10H2,1-2H3,(H3,19,20,21). The van der Waals surface area contributed by atoms with Crippen molar-refractivity contribution in [3.63, 3.8) is 0 Å². The fourth-order valence-corrected chi connectivity index (χ4v) is 2.43. The van der Waals surface area contributed by atoms with Crippen molar-refractivity contribution < 1.29 is 17.9 Å². The van der Waals surface area contributed by atoms with Crippen LogP contribution in [-0.2, 0) is 0 Å². The van der Waals surface area contributed by atoms with Crippen molar-refractivity contribution in [2.24, 2.45) is 10.7 Å². The molecule has 9 heteroatoms. The highest BCUT2D eigenvalue weighted by Crippen LogP contribution is 2.23. The lowest BCUT2D eigenvalue weighted by Crippen LogP contribution is -2.51. The average molecular weight is 345 g/mol. The number of likely N-dealkylation sites (N-methyl/N-ethyl adjacent to an activating group) is 2. The van der Waals surface area contributed by atoms with Gasteiger partial charge in [-0.25, -0.2) is 0 Å². The molecule has 0 aliphatic carbocycles. The lowest BCUT2D eigenvalue weighted by Gasteiger charge is -2.36. The summed E-state index contributed by atoms with van der Waals surface area (Å²) < 4.78 is 40.1. The van der Waals surface area contributed by atoms with Gasteiger partial charge in [0.25, 0.3) is 0 Å². The van der Waals surface area contributed by atoms with Gasteiger partial charge in [0.15, 0.2) is 5.96 Å². The first-order valence-electron chi connectivity index (χ1n) is 7.54. The van der Waals surface area contributed by atoms with Crippen molar-refractivity contribution in [3.05, 3.63) is 24.3 Å². The number of anilines is 1. The fraction of sp³-hybridized carbons (Fsp3) is 0.533. The Bertz CT molecular complexity index is 561. The summed E-state index contributed by atoms with van der Waals surface area (Å²) in [6.07, 6.45) is -4.70. The molecule has 0 bridgehead atoms. The van der Waals surface area contributed by atoms with Crippen LogP contribution in [0.4, 0.5) is 18.9 Å². The van der Waals surface area contributed by atoms with Crippen LogP contribution in [0.3, 0.4) is 0 Å². The molecule has 0 amide bonds. The number of piperazine rings is 1. The van der Waals surface area contributed by atoms with Crippen LogP contribution >= 0.6 is 0 Å². The highest BCUT2D eigenvalue weighted by Gasteiger charge is 2.30. The molecule has 24 heavy (non-hydrogen) atoms. The van der Waals surface area contributed by atoms with Crippen LogP contribution in [0.15, 0.2) is 29.3 Å². The number of aliphatic imine (C=N–C) groups is 1. The summed E-state index contributed by atoms with van der Waals surface area (Å²) in [6, 6.07) is 5.61. The Morgan fingerprint density at radius 3 is 2.58 bits per heavy atom. The third kappa shape index (κ3) is 5.89. The van der Waals surface area contributed by atoms with Crippen LogP contribution in [-0.4, -0.2) is 68.4 Å². The van der Waals surface area contributed by atoms with Gasteiger partial charge in [0.2, 0.25) is 0 Å². The third-order valence-corrected chi connectivity index (χ3v) is 3.81. The van der Waals surface area contributed by atoms with Crippen LogP contribution in [0.25, 0.3) is 0 Å². The van der Waals surface area contributed by atoms with Crippen molar-refractivity contribution in [2.75, 3.05) is 45.6 Å². The smallest absolute Gasteiger partial charge is 0.406 e. The Hall–Kier alpha value is -2.00. The molecule has 0 aromatic heterocycles. The topological polar surface area (TPSA) is 66.1 Å². The summed E-state index contributed by atoms with van der Waals surface area (Å²) >= 11 is 0. The minimum atomic E-state index is -4.70. The minimum absolute atomic E-state index is 0.223. The zero-order valence-corrected chi connectivity index (χ0v) is 13.7. The van der Waals surface area contributed by atoms with Crippen molar-refractivity contribution in [2.45, 2.75) is 12.4 Å². The van der Waals surface area contributed by atoms with Gasteiger partial charge in [0.1, 0.15) is 5.75 Å². The first-order valence-corrected chi connectivity index (χ1v) is 7.54. The van der Waals surface area contributed by atoms with E-state index in [1.807, 2.05) is 0 Å². The molecule has 1 heterocycles. The molecule has 1 fully saturated rings. The zero-order valence-electron chi connectivity index (χ0n) is 13.7.